The van der Waals surface area contributed by atoms with Crippen LogP contribution >= 0.6 is 0 Å². The van der Waals surface area contributed by atoms with Crippen LogP contribution in [0.3, 0.4) is 0 Å². The molecule has 1 N–H and O–H groups in total. The normalized spacial score (nSPS) is 16.4. The van der Waals surface area contributed by atoms with E-state index in [2.05, 4.69) is 0 Å². The van der Waals surface area contributed by atoms with E-state index in [4.69, 9.17) is 0 Å². The Kier molecular flexibility index (Phi) is 4.11. The Labute approximate surface area is 119 Å². The van der Waals surface area contributed by atoms with Crippen LogP contribution in [0.4, 0.5) is 4.39 Å². The Hall–Kier alpha value is -1.45. The smallest absolute Gasteiger partial charge is 0.123 e. The summed E-state index contributed by atoms with van der Waals surface area (Å²) in [6.45, 7) is 3.99. The average Bonchev–Trinajstić information content (AvgIpc) is 2.44. The van der Waals surface area contributed by atoms with Crippen molar-refractivity contribution in [3.63, 3.8) is 0 Å². The number of aliphatic hydroxyl groups is 1. The molecule has 2 atom stereocenters. The van der Waals surface area contributed by atoms with Crippen LogP contribution in [0, 0.1) is 5.82 Å². The molecule has 2 nitrogen and oxygen atoms in total. The summed E-state index contributed by atoms with van der Waals surface area (Å²) in [5.74, 6) is -0.238. The maximum absolute atomic E-state index is 13.2. The number of hydrogen-bond acceptors (Lipinski definition) is 2. The Balaban J connectivity index is 2.52. The van der Waals surface area contributed by atoms with E-state index >= 15 is 0 Å². The molecule has 2 aromatic rings. The first-order valence-corrected chi connectivity index (χ1v) is 6.97. The Morgan fingerprint density at radius 1 is 1.15 bits per heavy atom. The predicted octanol–water partition coefficient (Wildman–Crippen LogP) is 3.53. The molecule has 0 radical (unpaired) electrons. The molecule has 0 unspecified atom stereocenters. The minimum absolute atomic E-state index is 0.00889. The molecule has 0 heterocycles. The van der Waals surface area contributed by atoms with Crippen molar-refractivity contribution in [3.05, 3.63) is 47.8 Å². The summed E-state index contributed by atoms with van der Waals surface area (Å²) < 4.78 is 13.2. The van der Waals surface area contributed by atoms with Crippen molar-refractivity contribution in [3.8, 4) is 0 Å². The first-order chi connectivity index (χ1) is 9.38. The average molecular weight is 275 g/mol. The van der Waals surface area contributed by atoms with Crippen molar-refractivity contribution in [1.29, 1.82) is 0 Å². The summed E-state index contributed by atoms with van der Waals surface area (Å²) in [5, 5.41) is 12.8. The third-order valence-corrected chi connectivity index (χ3v) is 4.31. The first-order valence-electron chi connectivity index (χ1n) is 6.97. The SMILES string of the molecule is CC[C@@](O)(c1ccc2cc(F)ccc2c1)[C@H](C)N(C)C. The van der Waals surface area contributed by atoms with Gasteiger partial charge >= 0.3 is 0 Å². The van der Waals surface area contributed by atoms with Gasteiger partial charge in [-0.2, -0.15) is 0 Å². The number of rotatable bonds is 4. The Bertz CT molecular complexity index is 611. The molecular formula is C17H22FNO. The number of hydrogen-bond donors (Lipinski definition) is 1. The summed E-state index contributed by atoms with van der Waals surface area (Å²) in [7, 11) is 3.92. The van der Waals surface area contributed by atoms with Gasteiger partial charge in [0.05, 0.1) is 0 Å². The maximum atomic E-state index is 13.2. The molecule has 0 saturated carbocycles. The van der Waals surface area contributed by atoms with Gasteiger partial charge in [0.15, 0.2) is 0 Å². The van der Waals surface area contributed by atoms with Crippen LogP contribution in [0.25, 0.3) is 10.8 Å². The molecule has 0 aliphatic carbocycles. The highest BCUT2D eigenvalue weighted by Crippen LogP contribution is 2.33. The van der Waals surface area contributed by atoms with Crippen molar-refractivity contribution in [2.24, 2.45) is 0 Å². The van der Waals surface area contributed by atoms with E-state index in [1.807, 2.05) is 51.0 Å². The highest BCUT2D eigenvalue weighted by molar-refractivity contribution is 5.83. The van der Waals surface area contributed by atoms with E-state index in [0.29, 0.717) is 6.42 Å². The Morgan fingerprint density at radius 2 is 1.75 bits per heavy atom. The van der Waals surface area contributed by atoms with E-state index in [1.54, 1.807) is 6.07 Å². The molecule has 0 aromatic heterocycles. The molecule has 0 spiro atoms. The van der Waals surface area contributed by atoms with Crippen LogP contribution in [-0.4, -0.2) is 30.1 Å². The van der Waals surface area contributed by atoms with Gasteiger partial charge in [-0.25, -0.2) is 4.39 Å². The second kappa shape index (κ2) is 5.51. The summed E-state index contributed by atoms with van der Waals surface area (Å²) in [5.41, 5.74) is -0.0354. The molecule has 20 heavy (non-hydrogen) atoms. The quantitative estimate of drug-likeness (QED) is 0.922. The van der Waals surface area contributed by atoms with Crippen LogP contribution in [0.5, 0.6) is 0 Å². The molecule has 3 heteroatoms. The van der Waals surface area contributed by atoms with Crippen LogP contribution in [0.15, 0.2) is 36.4 Å². The van der Waals surface area contributed by atoms with Gasteiger partial charge in [-0.05, 0) is 62.0 Å². The lowest BCUT2D eigenvalue weighted by Crippen LogP contribution is -2.45. The van der Waals surface area contributed by atoms with E-state index < -0.39 is 5.60 Å². The third kappa shape index (κ3) is 2.56. The predicted molar refractivity (Wildman–Crippen MR) is 81.2 cm³/mol. The van der Waals surface area contributed by atoms with Crippen molar-refractivity contribution >= 4 is 10.8 Å². The topological polar surface area (TPSA) is 23.5 Å². The molecule has 0 aliphatic heterocycles. The summed E-state index contributed by atoms with van der Waals surface area (Å²) in [4.78, 5) is 2.01. The summed E-state index contributed by atoms with van der Waals surface area (Å²) >= 11 is 0. The van der Waals surface area contributed by atoms with Gasteiger partial charge in [0.25, 0.3) is 0 Å². The zero-order chi connectivity index (χ0) is 14.9. The maximum Gasteiger partial charge on any atom is 0.123 e. The molecule has 108 valence electrons. The lowest BCUT2D eigenvalue weighted by molar-refractivity contribution is -0.0347. The molecular weight excluding hydrogens is 253 g/mol. The number of halogens is 1. The molecule has 0 bridgehead atoms. The highest BCUT2D eigenvalue weighted by atomic mass is 19.1. The van der Waals surface area contributed by atoms with Crippen molar-refractivity contribution in [2.45, 2.75) is 31.9 Å². The molecule has 0 aliphatic rings. The van der Waals surface area contributed by atoms with Crippen molar-refractivity contribution in [2.75, 3.05) is 14.1 Å². The lowest BCUT2D eigenvalue weighted by atomic mass is 9.83. The largest absolute Gasteiger partial charge is 0.384 e. The third-order valence-electron chi connectivity index (χ3n) is 4.31. The van der Waals surface area contributed by atoms with Gasteiger partial charge in [-0.3, -0.25) is 0 Å². The van der Waals surface area contributed by atoms with Gasteiger partial charge in [0.2, 0.25) is 0 Å². The number of nitrogens with zero attached hydrogens (tertiary/aromatic N) is 1. The monoisotopic (exact) mass is 275 g/mol. The second-order valence-corrected chi connectivity index (χ2v) is 5.62. The van der Waals surface area contributed by atoms with Gasteiger partial charge < -0.3 is 10.0 Å². The lowest BCUT2D eigenvalue weighted by Gasteiger charge is -2.38. The molecule has 0 amide bonds. The zero-order valence-electron chi connectivity index (χ0n) is 12.5. The fourth-order valence-electron chi connectivity index (χ4n) is 2.65. The standard InChI is InChI=1S/C17H22FNO/c1-5-17(20,12(2)19(3)4)15-8-6-14-11-16(18)9-7-13(14)10-15/h6-12,20H,5H2,1-4H3/t12-,17-/m0/s1. The molecule has 2 rings (SSSR count). The van der Waals surface area contributed by atoms with Gasteiger partial charge in [-0.15, -0.1) is 0 Å². The van der Waals surface area contributed by atoms with Gasteiger partial charge in [-0.1, -0.05) is 25.1 Å². The number of likely N-dealkylation sites (N-methyl/N-ethyl adjacent to an activating group) is 1. The van der Waals surface area contributed by atoms with E-state index in [-0.39, 0.29) is 11.9 Å². The van der Waals surface area contributed by atoms with Crippen molar-refractivity contribution in [1.82, 2.24) is 4.90 Å². The summed E-state index contributed by atoms with van der Waals surface area (Å²) in [6, 6.07) is 10.4. The summed E-state index contributed by atoms with van der Waals surface area (Å²) in [6.07, 6.45) is 0.624. The number of fused-ring (bicyclic) bond motifs is 1. The van der Waals surface area contributed by atoms with Crippen LogP contribution in [0.2, 0.25) is 0 Å². The first kappa shape index (κ1) is 14.9. The minimum atomic E-state index is -0.911. The van der Waals surface area contributed by atoms with E-state index in [9.17, 15) is 9.50 Å². The minimum Gasteiger partial charge on any atom is -0.384 e. The molecule has 0 fully saturated rings. The van der Waals surface area contributed by atoms with Gasteiger partial charge in [0, 0.05) is 6.04 Å². The fourth-order valence-corrected chi connectivity index (χ4v) is 2.65. The fraction of sp³-hybridized carbons (Fsp3) is 0.412. The number of benzene rings is 2. The van der Waals surface area contributed by atoms with Crippen LogP contribution < -0.4 is 0 Å². The molecule has 0 saturated heterocycles. The van der Waals surface area contributed by atoms with Crippen LogP contribution in [0.1, 0.15) is 25.8 Å². The van der Waals surface area contributed by atoms with Crippen LogP contribution in [-0.2, 0) is 5.60 Å². The zero-order valence-corrected chi connectivity index (χ0v) is 12.5. The second-order valence-electron chi connectivity index (χ2n) is 5.62. The van der Waals surface area contributed by atoms with E-state index in [1.165, 1.54) is 12.1 Å². The van der Waals surface area contributed by atoms with Gasteiger partial charge in [0.1, 0.15) is 11.4 Å². The highest BCUT2D eigenvalue weighted by Gasteiger charge is 2.35. The van der Waals surface area contributed by atoms with Crippen molar-refractivity contribution < 1.29 is 9.50 Å². The Morgan fingerprint density at radius 3 is 2.35 bits per heavy atom. The van der Waals surface area contributed by atoms with E-state index in [0.717, 1.165) is 16.3 Å². The molecule has 2 aromatic carbocycles.